The molecule has 1 saturated heterocycles. The summed E-state index contributed by atoms with van der Waals surface area (Å²) in [6, 6.07) is 11.0. The largest absolute Gasteiger partial charge is 0.481 e. The molecule has 1 aliphatic heterocycles. The van der Waals surface area contributed by atoms with E-state index in [1.165, 1.54) is 5.56 Å². The molecule has 0 bridgehead atoms. The van der Waals surface area contributed by atoms with Crippen molar-refractivity contribution in [2.45, 2.75) is 31.7 Å². The molecule has 1 fully saturated rings. The second kappa shape index (κ2) is 5.32. The van der Waals surface area contributed by atoms with Crippen LogP contribution in [0.2, 0.25) is 0 Å². The molecule has 17 heavy (non-hydrogen) atoms. The van der Waals surface area contributed by atoms with Gasteiger partial charge >= 0.3 is 5.97 Å². The summed E-state index contributed by atoms with van der Waals surface area (Å²) in [7, 11) is 0. The Kier molecular flexibility index (Phi) is 3.79. The van der Waals surface area contributed by atoms with Gasteiger partial charge in [-0.1, -0.05) is 30.3 Å². The zero-order chi connectivity index (χ0) is 12.3. The minimum atomic E-state index is -0.708. The molecule has 3 heteroatoms. The molecule has 3 nitrogen and oxygen atoms in total. The lowest BCUT2D eigenvalue weighted by molar-refractivity contribution is -0.137. The second-order valence-electron chi connectivity index (χ2n) is 4.83. The summed E-state index contributed by atoms with van der Waals surface area (Å²) in [5, 5.41) is 8.72. The standard InChI is InChI=1S/C14H19NO2/c1-11-9-13(12-5-3-2-4-6-12)10-15(11)8-7-14(16)17/h2-6,11,13H,7-10H2,1H3,(H,16,17)/t11-,13-/m1/s1. The molecular formula is C14H19NO2. The van der Waals surface area contributed by atoms with Gasteiger partial charge in [-0.25, -0.2) is 0 Å². The van der Waals surface area contributed by atoms with Gasteiger partial charge < -0.3 is 5.11 Å². The van der Waals surface area contributed by atoms with E-state index in [0.717, 1.165) is 13.0 Å². The maximum atomic E-state index is 10.6. The van der Waals surface area contributed by atoms with Crippen molar-refractivity contribution >= 4 is 5.97 Å². The zero-order valence-corrected chi connectivity index (χ0v) is 10.2. The Labute approximate surface area is 102 Å². The Morgan fingerprint density at radius 3 is 2.76 bits per heavy atom. The zero-order valence-electron chi connectivity index (χ0n) is 10.2. The lowest BCUT2D eigenvalue weighted by Crippen LogP contribution is -2.29. The van der Waals surface area contributed by atoms with E-state index in [-0.39, 0.29) is 6.42 Å². The van der Waals surface area contributed by atoms with Gasteiger partial charge in [0.1, 0.15) is 0 Å². The molecule has 0 radical (unpaired) electrons. The lowest BCUT2D eigenvalue weighted by atomic mass is 9.97. The molecule has 1 aromatic rings. The number of hydrogen-bond donors (Lipinski definition) is 1. The van der Waals surface area contributed by atoms with E-state index in [4.69, 9.17) is 5.11 Å². The number of aliphatic carboxylic acids is 1. The van der Waals surface area contributed by atoms with Crippen molar-refractivity contribution in [3.05, 3.63) is 35.9 Å². The van der Waals surface area contributed by atoms with Crippen molar-refractivity contribution in [1.29, 1.82) is 0 Å². The monoisotopic (exact) mass is 233 g/mol. The van der Waals surface area contributed by atoms with Crippen molar-refractivity contribution in [2.24, 2.45) is 0 Å². The smallest absolute Gasteiger partial charge is 0.304 e. The van der Waals surface area contributed by atoms with Crippen LogP contribution in [0.3, 0.4) is 0 Å². The summed E-state index contributed by atoms with van der Waals surface area (Å²) in [6.07, 6.45) is 1.37. The van der Waals surface area contributed by atoms with E-state index >= 15 is 0 Å². The Morgan fingerprint density at radius 2 is 2.12 bits per heavy atom. The summed E-state index contributed by atoms with van der Waals surface area (Å²) >= 11 is 0. The van der Waals surface area contributed by atoms with Crippen molar-refractivity contribution in [1.82, 2.24) is 4.90 Å². The fraction of sp³-hybridized carbons (Fsp3) is 0.500. The van der Waals surface area contributed by atoms with Crippen molar-refractivity contribution in [3.8, 4) is 0 Å². The number of likely N-dealkylation sites (tertiary alicyclic amines) is 1. The first kappa shape index (κ1) is 12.1. The quantitative estimate of drug-likeness (QED) is 0.867. The molecule has 1 N–H and O–H groups in total. The van der Waals surface area contributed by atoms with Crippen LogP contribution in [0.15, 0.2) is 30.3 Å². The first-order valence-corrected chi connectivity index (χ1v) is 6.17. The van der Waals surface area contributed by atoms with E-state index in [0.29, 0.717) is 18.5 Å². The maximum Gasteiger partial charge on any atom is 0.304 e. The molecule has 0 unspecified atom stereocenters. The van der Waals surface area contributed by atoms with Gasteiger partial charge in [0, 0.05) is 19.1 Å². The van der Waals surface area contributed by atoms with E-state index in [1.807, 2.05) is 6.07 Å². The average Bonchev–Trinajstić information content (AvgIpc) is 2.69. The highest BCUT2D eigenvalue weighted by atomic mass is 16.4. The first-order valence-electron chi connectivity index (χ1n) is 6.17. The maximum absolute atomic E-state index is 10.6. The lowest BCUT2D eigenvalue weighted by Gasteiger charge is -2.19. The number of rotatable bonds is 4. The van der Waals surface area contributed by atoms with Crippen LogP contribution < -0.4 is 0 Å². The summed E-state index contributed by atoms with van der Waals surface area (Å²) in [5.74, 6) is -0.152. The van der Waals surface area contributed by atoms with Crippen LogP contribution in [-0.4, -0.2) is 35.1 Å². The van der Waals surface area contributed by atoms with Crippen molar-refractivity contribution in [3.63, 3.8) is 0 Å². The van der Waals surface area contributed by atoms with Crippen molar-refractivity contribution < 1.29 is 9.90 Å². The number of nitrogens with zero attached hydrogens (tertiary/aromatic N) is 1. The number of carboxylic acids is 1. The van der Waals surface area contributed by atoms with E-state index in [1.54, 1.807) is 0 Å². The van der Waals surface area contributed by atoms with Gasteiger partial charge in [-0.3, -0.25) is 9.69 Å². The van der Waals surface area contributed by atoms with Crippen LogP contribution in [0.5, 0.6) is 0 Å². The molecule has 2 atom stereocenters. The van der Waals surface area contributed by atoms with Gasteiger partial charge in [-0.15, -0.1) is 0 Å². The predicted octanol–water partition coefficient (Wildman–Crippen LogP) is 2.34. The second-order valence-corrected chi connectivity index (χ2v) is 4.83. The minimum Gasteiger partial charge on any atom is -0.481 e. The van der Waals surface area contributed by atoms with Crippen LogP contribution in [0.1, 0.15) is 31.2 Å². The molecule has 1 aliphatic rings. The van der Waals surface area contributed by atoms with Crippen LogP contribution in [0.25, 0.3) is 0 Å². The van der Waals surface area contributed by atoms with Gasteiger partial charge in [-0.05, 0) is 24.8 Å². The predicted molar refractivity (Wildman–Crippen MR) is 67.1 cm³/mol. The number of benzene rings is 1. The van der Waals surface area contributed by atoms with Gasteiger partial charge in [-0.2, -0.15) is 0 Å². The Hall–Kier alpha value is -1.35. The average molecular weight is 233 g/mol. The first-order chi connectivity index (χ1) is 8.16. The highest BCUT2D eigenvalue weighted by Crippen LogP contribution is 2.31. The summed E-state index contributed by atoms with van der Waals surface area (Å²) in [5.41, 5.74) is 1.37. The minimum absolute atomic E-state index is 0.242. The highest BCUT2D eigenvalue weighted by molar-refractivity contribution is 5.66. The van der Waals surface area contributed by atoms with Gasteiger partial charge in [0.25, 0.3) is 0 Å². The third kappa shape index (κ3) is 3.07. The van der Waals surface area contributed by atoms with Crippen LogP contribution in [0.4, 0.5) is 0 Å². The van der Waals surface area contributed by atoms with Crippen LogP contribution >= 0.6 is 0 Å². The topological polar surface area (TPSA) is 40.5 Å². The summed E-state index contributed by atoms with van der Waals surface area (Å²) in [6.45, 7) is 3.84. The van der Waals surface area contributed by atoms with Crippen LogP contribution in [-0.2, 0) is 4.79 Å². The highest BCUT2D eigenvalue weighted by Gasteiger charge is 2.29. The molecular weight excluding hydrogens is 214 g/mol. The van der Waals surface area contributed by atoms with E-state index in [9.17, 15) is 4.79 Å². The number of carbonyl (C=O) groups is 1. The Morgan fingerprint density at radius 1 is 1.41 bits per heavy atom. The normalized spacial score (nSPS) is 25.0. The fourth-order valence-electron chi connectivity index (χ4n) is 2.62. The van der Waals surface area contributed by atoms with Gasteiger partial charge in [0.2, 0.25) is 0 Å². The molecule has 1 aromatic carbocycles. The molecule has 0 spiro atoms. The SMILES string of the molecule is C[C@@H]1C[C@@H](c2ccccc2)CN1CCC(=O)O. The van der Waals surface area contributed by atoms with Gasteiger partial charge in [0.15, 0.2) is 0 Å². The molecule has 2 rings (SSSR count). The van der Waals surface area contributed by atoms with Crippen LogP contribution in [0, 0.1) is 0 Å². The number of carboxylic acid groups (broad SMARTS) is 1. The summed E-state index contributed by atoms with van der Waals surface area (Å²) in [4.78, 5) is 12.9. The molecule has 1 heterocycles. The molecule has 0 aromatic heterocycles. The fourth-order valence-corrected chi connectivity index (χ4v) is 2.62. The molecule has 0 amide bonds. The Bertz CT molecular complexity index is 377. The Balaban J connectivity index is 1.95. The van der Waals surface area contributed by atoms with E-state index < -0.39 is 5.97 Å². The molecule has 92 valence electrons. The number of hydrogen-bond acceptors (Lipinski definition) is 2. The third-order valence-electron chi connectivity index (χ3n) is 3.59. The summed E-state index contributed by atoms with van der Waals surface area (Å²) < 4.78 is 0. The molecule has 0 saturated carbocycles. The van der Waals surface area contributed by atoms with E-state index in [2.05, 4.69) is 36.1 Å². The third-order valence-corrected chi connectivity index (χ3v) is 3.59. The molecule has 0 aliphatic carbocycles. The van der Waals surface area contributed by atoms with Crippen molar-refractivity contribution in [2.75, 3.05) is 13.1 Å². The van der Waals surface area contributed by atoms with Gasteiger partial charge in [0.05, 0.1) is 6.42 Å².